The largest absolute Gasteiger partial charge is 0.106 e. The van der Waals surface area contributed by atoms with E-state index in [0.717, 1.165) is 8.58 Å². The lowest BCUT2D eigenvalue weighted by Gasteiger charge is -1.87. The molecule has 0 spiro atoms. The molecule has 0 saturated carbocycles. The molecule has 0 atom stereocenters. The Morgan fingerprint density at radius 3 is 2.00 bits per heavy atom. The molecule has 0 N–H and O–H groups in total. The van der Waals surface area contributed by atoms with Crippen molar-refractivity contribution in [3.05, 3.63) is 22.5 Å². The quantitative estimate of drug-likeness (QED) is 0.438. The van der Waals surface area contributed by atoms with Gasteiger partial charge >= 0.3 is 0 Å². The van der Waals surface area contributed by atoms with E-state index in [9.17, 15) is 0 Å². The molecular formula is C4H5PS. The SMILES string of the molecule is C1=CSC=CP1. The average Bonchev–Trinajstić information content (AvgIpc) is 1.72. The third-order valence-electron chi connectivity index (χ3n) is 0.486. The van der Waals surface area contributed by atoms with Crippen LogP contribution in [0.5, 0.6) is 0 Å². The highest BCUT2D eigenvalue weighted by atomic mass is 32.2. The van der Waals surface area contributed by atoms with Crippen molar-refractivity contribution < 1.29 is 0 Å². The van der Waals surface area contributed by atoms with Crippen molar-refractivity contribution in [2.75, 3.05) is 0 Å². The Labute approximate surface area is 43.5 Å². The molecule has 0 saturated heterocycles. The lowest BCUT2D eigenvalue weighted by Crippen LogP contribution is -1.46. The van der Waals surface area contributed by atoms with Gasteiger partial charge in [0.25, 0.3) is 0 Å². The van der Waals surface area contributed by atoms with Gasteiger partial charge in [-0.1, -0.05) is 20.2 Å². The van der Waals surface area contributed by atoms with Gasteiger partial charge in [-0.3, -0.25) is 0 Å². The Kier molecular flexibility index (Phi) is 1.79. The van der Waals surface area contributed by atoms with Crippen molar-refractivity contribution in [1.82, 2.24) is 0 Å². The summed E-state index contributed by atoms with van der Waals surface area (Å²) < 4.78 is 0. The molecule has 32 valence electrons. The van der Waals surface area contributed by atoms with Gasteiger partial charge in [-0.25, -0.2) is 0 Å². The minimum atomic E-state index is 0.920. The molecule has 0 nitrogen and oxygen atoms in total. The van der Waals surface area contributed by atoms with Crippen molar-refractivity contribution in [2.45, 2.75) is 0 Å². The summed E-state index contributed by atoms with van der Waals surface area (Å²) in [6, 6.07) is 0. The van der Waals surface area contributed by atoms with Crippen LogP contribution in [-0.2, 0) is 0 Å². The number of hydrogen-bond donors (Lipinski definition) is 0. The van der Waals surface area contributed by atoms with Crippen LogP contribution in [-0.4, -0.2) is 0 Å². The number of rotatable bonds is 0. The van der Waals surface area contributed by atoms with Crippen molar-refractivity contribution in [1.29, 1.82) is 0 Å². The lowest BCUT2D eigenvalue weighted by atomic mass is 11.2. The van der Waals surface area contributed by atoms with Crippen molar-refractivity contribution in [3.63, 3.8) is 0 Å². The molecule has 6 heavy (non-hydrogen) atoms. The van der Waals surface area contributed by atoms with Gasteiger partial charge in [0.15, 0.2) is 0 Å². The fourth-order valence-corrected chi connectivity index (χ4v) is 1.72. The van der Waals surface area contributed by atoms with E-state index in [0.29, 0.717) is 0 Å². The fourth-order valence-electron chi connectivity index (χ4n) is 0.258. The van der Waals surface area contributed by atoms with Crippen LogP contribution in [0, 0.1) is 0 Å². The standard InChI is InChI=1S/C4H5PS/c1-3-6-4-2-5-1/h1-5H. The molecule has 0 fully saturated rings. The Balaban J connectivity index is 2.40. The molecule has 0 radical (unpaired) electrons. The first-order valence-corrected chi connectivity index (χ1v) is 3.81. The maximum atomic E-state index is 2.17. The monoisotopic (exact) mass is 116 g/mol. The van der Waals surface area contributed by atoms with E-state index in [2.05, 4.69) is 22.5 Å². The normalized spacial score (nSPS) is 18.7. The molecule has 0 bridgehead atoms. The third kappa shape index (κ3) is 1.16. The second kappa shape index (κ2) is 2.44. The molecule has 1 aliphatic heterocycles. The summed E-state index contributed by atoms with van der Waals surface area (Å²) in [7, 11) is 0.920. The van der Waals surface area contributed by atoms with E-state index in [4.69, 9.17) is 0 Å². The third-order valence-corrected chi connectivity index (χ3v) is 2.27. The van der Waals surface area contributed by atoms with Gasteiger partial charge < -0.3 is 0 Å². The van der Waals surface area contributed by atoms with Crippen LogP contribution in [0.15, 0.2) is 22.5 Å². The van der Waals surface area contributed by atoms with E-state index in [1.165, 1.54) is 0 Å². The topological polar surface area (TPSA) is 0 Å². The first kappa shape index (κ1) is 4.42. The smallest absolute Gasteiger partial charge is 0.0243 e. The second-order valence-electron chi connectivity index (χ2n) is 0.908. The van der Waals surface area contributed by atoms with Gasteiger partial charge in [0.1, 0.15) is 0 Å². The highest BCUT2D eigenvalue weighted by molar-refractivity contribution is 8.05. The highest BCUT2D eigenvalue weighted by Crippen LogP contribution is 2.23. The summed E-state index contributed by atoms with van der Waals surface area (Å²) in [6.45, 7) is 0. The predicted octanol–water partition coefficient (Wildman–Crippen LogP) is 2.35. The number of thioether (sulfide) groups is 1. The zero-order chi connectivity index (χ0) is 4.24. The van der Waals surface area contributed by atoms with Crippen molar-refractivity contribution >= 4 is 20.3 Å². The molecule has 1 heterocycles. The van der Waals surface area contributed by atoms with Crippen LogP contribution in [0.25, 0.3) is 0 Å². The summed E-state index contributed by atoms with van der Waals surface area (Å²) in [4.78, 5) is 0. The van der Waals surface area contributed by atoms with Crippen LogP contribution in [0.1, 0.15) is 0 Å². The number of hydrogen-bond acceptors (Lipinski definition) is 1. The molecule has 0 aromatic heterocycles. The highest BCUT2D eigenvalue weighted by Gasteiger charge is 1.76. The molecule has 0 aromatic carbocycles. The zero-order valence-corrected chi connectivity index (χ0v) is 5.03. The van der Waals surface area contributed by atoms with Gasteiger partial charge in [-0.05, 0) is 10.8 Å². The summed E-state index contributed by atoms with van der Waals surface area (Å²) in [5.74, 6) is 4.34. The molecule has 1 rings (SSSR count). The minimum Gasteiger partial charge on any atom is -0.106 e. The second-order valence-corrected chi connectivity index (χ2v) is 2.72. The minimum absolute atomic E-state index is 0.920. The summed E-state index contributed by atoms with van der Waals surface area (Å²) in [5, 5.41) is 4.22. The van der Waals surface area contributed by atoms with Gasteiger partial charge in [0.05, 0.1) is 0 Å². The van der Waals surface area contributed by atoms with Gasteiger partial charge in [-0.15, -0.1) is 11.8 Å². The van der Waals surface area contributed by atoms with Gasteiger partial charge in [-0.2, -0.15) is 0 Å². The first-order chi connectivity index (χ1) is 3.00. The van der Waals surface area contributed by atoms with E-state index in [-0.39, 0.29) is 0 Å². The zero-order valence-electron chi connectivity index (χ0n) is 3.22. The molecular weight excluding hydrogens is 111 g/mol. The Morgan fingerprint density at radius 1 is 1.17 bits per heavy atom. The Bertz CT molecular complexity index is 65.5. The molecule has 0 aliphatic carbocycles. The summed E-state index contributed by atoms with van der Waals surface area (Å²) >= 11 is 1.74. The molecule has 0 aromatic rings. The Hall–Kier alpha value is 0.260. The lowest BCUT2D eigenvalue weighted by molar-refractivity contribution is 2.39. The predicted molar refractivity (Wildman–Crippen MR) is 34.2 cm³/mol. The fraction of sp³-hybridized carbons (Fsp3) is 0. The van der Waals surface area contributed by atoms with E-state index in [1.807, 2.05) is 0 Å². The van der Waals surface area contributed by atoms with Crippen molar-refractivity contribution in [2.24, 2.45) is 0 Å². The average molecular weight is 116 g/mol. The van der Waals surface area contributed by atoms with Crippen LogP contribution in [0.4, 0.5) is 0 Å². The molecule has 2 heteroatoms. The molecule has 0 amide bonds. The van der Waals surface area contributed by atoms with E-state index in [1.54, 1.807) is 11.8 Å². The van der Waals surface area contributed by atoms with Gasteiger partial charge in [0, 0.05) is 0 Å². The molecule has 1 aliphatic rings. The van der Waals surface area contributed by atoms with Crippen LogP contribution in [0.3, 0.4) is 0 Å². The van der Waals surface area contributed by atoms with Crippen molar-refractivity contribution in [3.8, 4) is 0 Å². The maximum Gasteiger partial charge on any atom is -0.0243 e. The van der Waals surface area contributed by atoms with E-state index >= 15 is 0 Å². The van der Waals surface area contributed by atoms with Crippen LogP contribution >= 0.6 is 20.3 Å². The maximum absolute atomic E-state index is 2.17. The van der Waals surface area contributed by atoms with E-state index < -0.39 is 0 Å². The Morgan fingerprint density at radius 2 is 1.83 bits per heavy atom. The first-order valence-electron chi connectivity index (χ1n) is 1.72. The van der Waals surface area contributed by atoms with Crippen LogP contribution in [0.2, 0.25) is 0 Å². The summed E-state index contributed by atoms with van der Waals surface area (Å²) in [6.07, 6.45) is 0. The van der Waals surface area contributed by atoms with Crippen LogP contribution < -0.4 is 0 Å². The van der Waals surface area contributed by atoms with Gasteiger partial charge in [0.2, 0.25) is 0 Å². The molecule has 0 unspecified atom stereocenters. The summed E-state index contributed by atoms with van der Waals surface area (Å²) in [5.41, 5.74) is 0.